The van der Waals surface area contributed by atoms with Crippen molar-refractivity contribution in [2.75, 3.05) is 31.1 Å². The third-order valence-corrected chi connectivity index (χ3v) is 3.88. The lowest BCUT2D eigenvalue weighted by atomic mass is 10.2. The monoisotopic (exact) mass is 246 g/mol. The number of carbonyl (C=O) groups is 1. The second kappa shape index (κ2) is 5.02. The van der Waals surface area contributed by atoms with Crippen molar-refractivity contribution in [1.29, 1.82) is 0 Å². The van der Waals surface area contributed by atoms with E-state index in [1.165, 1.54) is 25.9 Å². The van der Waals surface area contributed by atoms with E-state index in [0.717, 1.165) is 31.7 Å². The number of aromatic nitrogens is 2. The Balaban J connectivity index is 1.75. The van der Waals surface area contributed by atoms with Gasteiger partial charge in [0.2, 0.25) is 5.95 Å². The summed E-state index contributed by atoms with van der Waals surface area (Å²) in [6.07, 6.45) is 7.74. The average molecular weight is 246 g/mol. The molecule has 0 saturated carbocycles. The fraction of sp³-hybridized carbons (Fsp3) is 0.615. The van der Waals surface area contributed by atoms with E-state index in [-0.39, 0.29) is 0 Å². The summed E-state index contributed by atoms with van der Waals surface area (Å²) in [5.74, 6) is 0.759. The first-order chi connectivity index (χ1) is 8.86. The Kier molecular flexibility index (Phi) is 3.23. The van der Waals surface area contributed by atoms with E-state index < -0.39 is 0 Å². The highest BCUT2D eigenvalue weighted by Crippen LogP contribution is 2.23. The Morgan fingerprint density at radius 3 is 2.72 bits per heavy atom. The molecule has 5 nitrogen and oxygen atoms in total. The molecule has 0 radical (unpaired) electrons. The standard InChI is InChI=1S/C13H18N4O/c18-10-11-7-14-13(15-8-11)17-6-2-5-16-4-1-3-12(16)9-17/h7-8,10,12H,1-6,9H2. The maximum Gasteiger partial charge on any atom is 0.225 e. The molecule has 18 heavy (non-hydrogen) atoms. The normalized spacial score (nSPS) is 24.7. The number of rotatable bonds is 2. The SMILES string of the molecule is O=Cc1cnc(N2CCCN3CCCC3C2)nc1. The van der Waals surface area contributed by atoms with Crippen LogP contribution in [0.15, 0.2) is 12.4 Å². The van der Waals surface area contributed by atoms with Crippen LogP contribution in [-0.4, -0.2) is 53.4 Å². The molecule has 96 valence electrons. The third kappa shape index (κ3) is 2.22. The molecule has 1 aromatic heterocycles. The quantitative estimate of drug-likeness (QED) is 0.728. The van der Waals surface area contributed by atoms with Gasteiger partial charge in [0.1, 0.15) is 0 Å². The van der Waals surface area contributed by atoms with Gasteiger partial charge in [-0.2, -0.15) is 0 Å². The van der Waals surface area contributed by atoms with Crippen molar-refractivity contribution in [2.45, 2.75) is 25.3 Å². The van der Waals surface area contributed by atoms with E-state index in [0.29, 0.717) is 11.6 Å². The molecule has 5 heteroatoms. The summed E-state index contributed by atoms with van der Waals surface area (Å²) in [7, 11) is 0. The van der Waals surface area contributed by atoms with Gasteiger partial charge in [-0.05, 0) is 25.8 Å². The van der Waals surface area contributed by atoms with E-state index >= 15 is 0 Å². The van der Waals surface area contributed by atoms with Gasteiger partial charge in [0.15, 0.2) is 6.29 Å². The molecule has 0 aliphatic carbocycles. The van der Waals surface area contributed by atoms with Crippen LogP contribution >= 0.6 is 0 Å². The molecule has 0 bridgehead atoms. The molecule has 2 saturated heterocycles. The van der Waals surface area contributed by atoms with Crippen molar-refractivity contribution >= 4 is 12.2 Å². The van der Waals surface area contributed by atoms with Crippen LogP contribution in [0.25, 0.3) is 0 Å². The fourth-order valence-electron chi connectivity index (χ4n) is 2.94. The third-order valence-electron chi connectivity index (χ3n) is 3.88. The zero-order valence-electron chi connectivity index (χ0n) is 10.5. The second-order valence-electron chi connectivity index (χ2n) is 5.07. The molecule has 2 fully saturated rings. The molecule has 2 aliphatic heterocycles. The van der Waals surface area contributed by atoms with Crippen LogP contribution in [0, 0.1) is 0 Å². The Labute approximate surface area is 107 Å². The molecule has 0 amide bonds. The Bertz CT molecular complexity index is 420. The molecule has 0 spiro atoms. The van der Waals surface area contributed by atoms with Gasteiger partial charge in [-0.3, -0.25) is 9.69 Å². The zero-order valence-corrected chi connectivity index (χ0v) is 10.5. The minimum atomic E-state index is 0.538. The lowest BCUT2D eigenvalue weighted by molar-refractivity contribution is 0.112. The zero-order chi connectivity index (χ0) is 12.4. The maximum absolute atomic E-state index is 10.6. The fourth-order valence-corrected chi connectivity index (χ4v) is 2.94. The van der Waals surface area contributed by atoms with Crippen LogP contribution in [0.1, 0.15) is 29.6 Å². The second-order valence-corrected chi connectivity index (χ2v) is 5.07. The Morgan fingerprint density at radius 1 is 1.17 bits per heavy atom. The first-order valence-corrected chi connectivity index (χ1v) is 6.63. The minimum absolute atomic E-state index is 0.538. The summed E-state index contributed by atoms with van der Waals surface area (Å²) >= 11 is 0. The van der Waals surface area contributed by atoms with Crippen LogP contribution in [0.5, 0.6) is 0 Å². The van der Waals surface area contributed by atoms with E-state index in [1.807, 2.05) is 0 Å². The Hall–Kier alpha value is -1.49. The van der Waals surface area contributed by atoms with Gasteiger partial charge in [0, 0.05) is 38.1 Å². The number of carbonyl (C=O) groups excluding carboxylic acids is 1. The van der Waals surface area contributed by atoms with Crippen LogP contribution in [0.3, 0.4) is 0 Å². The number of nitrogens with zero attached hydrogens (tertiary/aromatic N) is 4. The molecule has 2 aliphatic rings. The van der Waals surface area contributed by atoms with Crippen molar-refractivity contribution in [3.8, 4) is 0 Å². The Morgan fingerprint density at radius 2 is 1.94 bits per heavy atom. The molecule has 0 aromatic carbocycles. The van der Waals surface area contributed by atoms with Crippen LogP contribution in [0.2, 0.25) is 0 Å². The van der Waals surface area contributed by atoms with Crippen LogP contribution in [-0.2, 0) is 0 Å². The summed E-state index contributed by atoms with van der Waals surface area (Å²) < 4.78 is 0. The number of hydrogen-bond acceptors (Lipinski definition) is 5. The van der Waals surface area contributed by atoms with E-state index in [1.54, 1.807) is 12.4 Å². The summed E-state index contributed by atoms with van der Waals surface area (Å²) in [4.78, 5) is 24.0. The topological polar surface area (TPSA) is 49.3 Å². The number of hydrogen-bond donors (Lipinski definition) is 0. The maximum atomic E-state index is 10.6. The van der Waals surface area contributed by atoms with E-state index in [4.69, 9.17) is 0 Å². The summed E-state index contributed by atoms with van der Waals surface area (Å²) in [6, 6.07) is 0.654. The predicted octanol–water partition coefficient (Wildman–Crippen LogP) is 0.964. The molecule has 1 unspecified atom stereocenters. The molecular formula is C13H18N4O. The highest BCUT2D eigenvalue weighted by Gasteiger charge is 2.29. The molecule has 1 aromatic rings. The molecule has 1 atom stereocenters. The van der Waals surface area contributed by atoms with Crippen molar-refractivity contribution in [3.63, 3.8) is 0 Å². The van der Waals surface area contributed by atoms with E-state index in [9.17, 15) is 4.79 Å². The van der Waals surface area contributed by atoms with E-state index in [2.05, 4.69) is 19.8 Å². The highest BCUT2D eigenvalue weighted by molar-refractivity contribution is 5.73. The summed E-state index contributed by atoms with van der Waals surface area (Å²) in [5.41, 5.74) is 0.538. The van der Waals surface area contributed by atoms with Crippen LogP contribution < -0.4 is 4.90 Å². The molecular weight excluding hydrogens is 228 g/mol. The van der Waals surface area contributed by atoms with Crippen molar-refractivity contribution in [2.24, 2.45) is 0 Å². The van der Waals surface area contributed by atoms with Crippen molar-refractivity contribution in [3.05, 3.63) is 18.0 Å². The number of anilines is 1. The lowest BCUT2D eigenvalue weighted by Crippen LogP contribution is -2.37. The number of aldehydes is 1. The first-order valence-electron chi connectivity index (χ1n) is 6.63. The summed E-state index contributed by atoms with van der Waals surface area (Å²) in [6.45, 7) is 4.45. The average Bonchev–Trinajstić information content (AvgIpc) is 2.76. The molecule has 3 heterocycles. The molecule has 3 rings (SSSR count). The van der Waals surface area contributed by atoms with Crippen molar-refractivity contribution in [1.82, 2.24) is 14.9 Å². The summed E-state index contributed by atoms with van der Waals surface area (Å²) in [5, 5.41) is 0. The van der Waals surface area contributed by atoms with Gasteiger partial charge in [-0.15, -0.1) is 0 Å². The van der Waals surface area contributed by atoms with Gasteiger partial charge >= 0.3 is 0 Å². The highest BCUT2D eigenvalue weighted by atomic mass is 16.1. The predicted molar refractivity (Wildman–Crippen MR) is 68.8 cm³/mol. The minimum Gasteiger partial charge on any atom is -0.339 e. The lowest BCUT2D eigenvalue weighted by Gasteiger charge is -2.25. The number of fused-ring (bicyclic) bond motifs is 1. The van der Waals surface area contributed by atoms with Gasteiger partial charge in [0.05, 0.1) is 5.56 Å². The first kappa shape index (κ1) is 11.6. The molecule has 0 N–H and O–H groups in total. The largest absolute Gasteiger partial charge is 0.339 e. The van der Waals surface area contributed by atoms with Crippen molar-refractivity contribution < 1.29 is 4.79 Å². The smallest absolute Gasteiger partial charge is 0.225 e. The van der Waals surface area contributed by atoms with Gasteiger partial charge in [0.25, 0.3) is 0 Å². The van der Waals surface area contributed by atoms with Gasteiger partial charge in [-0.25, -0.2) is 9.97 Å². The van der Waals surface area contributed by atoms with Crippen LogP contribution in [0.4, 0.5) is 5.95 Å². The van der Waals surface area contributed by atoms with Gasteiger partial charge < -0.3 is 4.90 Å². The van der Waals surface area contributed by atoms with Gasteiger partial charge in [-0.1, -0.05) is 0 Å².